The molecule has 28 heavy (non-hydrogen) atoms. The highest BCUT2D eigenvalue weighted by atomic mass is 32.3. The van der Waals surface area contributed by atoms with E-state index in [9.17, 15) is 31.6 Å². The Balaban J connectivity index is 1.63. The molecule has 0 saturated carbocycles. The van der Waals surface area contributed by atoms with Gasteiger partial charge in [-0.1, -0.05) is 0 Å². The molecule has 4 N–H and O–H groups in total. The van der Waals surface area contributed by atoms with Crippen LogP contribution in [0.4, 0.5) is 13.6 Å². The summed E-state index contributed by atoms with van der Waals surface area (Å²) in [5.74, 6) is -5.27. The Morgan fingerprint density at radius 3 is 2.68 bits per heavy atom. The van der Waals surface area contributed by atoms with E-state index >= 15 is 0 Å². The summed E-state index contributed by atoms with van der Waals surface area (Å²) >= 11 is 0. The predicted molar refractivity (Wildman–Crippen MR) is 85.6 cm³/mol. The number of piperidine rings is 1. The highest BCUT2D eigenvalue weighted by Gasteiger charge is 2.62. The van der Waals surface area contributed by atoms with Crippen LogP contribution < -0.4 is 16.2 Å². The maximum atomic E-state index is 14.3. The molecule has 3 aliphatic rings. The number of nitrogens with one attached hydrogen (secondary N) is 3. The van der Waals surface area contributed by atoms with Crippen molar-refractivity contribution in [2.75, 3.05) is 13.1 Å². The fourth-order valence-electron chi connectivity index (χ4n) is 3.51. The summed E-state index contributed by atoms with van der Waals surface area (Å²) in [6.07, 6.45) is 0.688. The number of urea groups is 1. The molecule has 3 heterocycles. The lowest BCUT2D eigenvalue weighted by molar-refractivity contribution is -0.154. The number of carbonyl (C=O) groups is 3. The topological polar surface area (TPSA) is 157 Å². The zero-order chi connectivity index (χ0) is 20.7. The monoisotopic (exact) mass is 427 g/mol. The van der Waals surface area contributed by atoms with Crippen molar-refractivity contribution in [3.8, 4) is 0 Å². The number of alkyl halides is 2. The lowest BCUT2D eigenvalue weighted by atomic mass is 9.96. The molecule has 4 amide bonds. The average molecular weight is 427 g/mol. The maximum Gasteiger partial charge on any atom is 0.418 e. The highest BCUT2D eigenvalue weighted by Crippen LogP contribution is 2.40. The molecule has 15 heteroatoms. The van der Waals surface area contributed by atoms with Gasteiger partial charge in [0.25, 0.3) is 11.8 Å². The number of rotatable bonds is 5. The van der Waals surface area contributed by atoms with Crippen LogP contribution in [0, 0.1) is 0 Å². The van der Waals surface area contributed by atoms with Gasteiger partial charge in [0.05, 0.1) is 6.54 Å². The number of amides is 4. The zero-order valence-corrected chi connectivity index (χ0v) is 15.2. The molecule has 1 unspecified atom stereocenters. The van der Waals surface area contributed by atoms with E-state index in [1.165, 1.54) is 0 Å². The molecule has 3 atom stereocenters. The SMILES string of the molecule is O=C(CC1CCCN1)NNC(=O)[C@@H]1CC(F)(F)[C@@H]2CN1C(=O)N2OS(=O)(=O)O. The first kappa shape index (κ1) is 20.6. The number of fused-ring (bicyclic) bond motifs is 2. The Morgan fingerprint density at radius 2 is 2.07 bits per heavy atom. The molecule has 0 aromatic heterocycles. The van der Waals surface area contributed by atoms with E-state index in [2.05, 4.69) is 15.0 Å². The summed E-state index contributed by atoms with van der Waals surface area (Å²) in [7, 11) is -5.22. The average Bonchev–Trinajstić information content (AvgIpc) is 3.17. The molecule has 3 fully saturated rings. The quantitative estimate of drug-likeness (QED) is 0.306. The van der Waals surface area contributed by atoms with Gasteiger partial charge in [-0.05, 0) is 19.4 Å². The third-order valence-electron chi connectivity index (χ3n) is 4.81. The second-order valence-corrected chi connectivity index (χ2v) is 7.80. The van der Waals surface area contributed by atoms with E-state index in [0.717, 1.165) is 19.4 Å². The summed E-state index contributed by atoms with van der Waals surface area (Å²) < 4.78 is 62.9. The predicted octanol–water partition coefficient (Wildman–Crippen LogP) is -1.48. The molecular formula is C13H19F2N5O7S. The fraction of sp³-hybridized carbons (Fsp3) is 0.769. The van der Waals surface area contributed by atoms with Crippen LogP contribution in [-0.4, -0.2) is 77.9 Å². The lowest BCUT2D eigenvalue weighted by Crippen LogP contribution is -2.58. The van der Waals surface area contributed by atoms with Gasteiger partial charge in [-0.2, -0.15) is 13.5 Å². The standard InChI is InChI=1S/C13H19F2N5O7S/c14-13(15)5-8(11(22)18-17-10(21)4-7-2-1-3-16-7)19-6-9(13)20(12(19)23)27-28(24,25)26/h7-9,16H,1-6H2,(H,17,21)(H,18,22)(H,24,25,26)/t7?,8-,9-/m0/s1. The Morgan fingerprint density at radius 1 is 1.36 bits per heavy atom. The molecule has 0 spiro atoms. The van der Waals surface area contributed by atoms with Crippen molar-refractivity contribution < 1.29 is 40.4 Å². The van der Waals surface area contributed by atoms with Crippen LogP contribution in [0.15, 0.2) is 0 Å². The number of halogens is 2. The van der Waals surface area contributed by atoms with Gasteiger partial charge in [-0.3, -0.25) is 25.0 Å². The number of hydroxylamine groups is 2. The normalized spacial score (nSPS) is 29.1. The summed E-state index contributed by atoms with van der Waals surface area (Å²) in [6.45, 7) is 0.0845. The number of hydrogen-bond donors (Lipinski definition) is 4. The molecule has 3 rings (SSSR count). The molecule has 12 nitrogen and oxygen atoms in total. The Hall–Kier alpha value is -2.10. The third-order valence-corrected chi connectivity index (χ3v) is 5.16. The van der Waals surface area contributed by atoms with Crippen LogP contribution in [0.5, 0.6) is 0 Å². The third kappa shape index (κ3) is 4.31. The van der Waals surface area contributed by atoms with Gasteiger partial charge < -0.3 is 10.2 Å². The van der Waals surface area contributed by atoms with Gasteiger partial charge in [0, 0.05) is 18.9 Å². The second-order valence-electron chi connectivity index (χ2n) is 6.79. The molecule has 3 saturated heterocycles. The number of hydrogen-bond acceptors (Lipinski definition) is 7. The summed E-state index contributed by atoms with van der Waals surface area (Å²) in [5, 5.41) is 2.93. The molecule has 158 valence electrons. The van der Waals surface area contributed by atoms with Crippen LogP contribution in [-0.2, 0) is 24.3 Å². The maximum absolute atomic E-state index is 14.3. The smallest absolute Gasteiger partial charge is 0.313 e. The number of carbonyl (C=O) groups excluding carboxylic acids is 3. The lowest BCUT2D eigenvalue weighted by Gasteiger charge is -2.34. The van der Waals surface area contributed by atoms with Crippen LogP contribution in [0.1, 0.15) is 25.7 Å². The number of hydrazine groups is 1. The van der Waals surface area contributed by atoms with E-state index in [1.54, 1.807) is 0 Å². The summed E-state index contributed by atoms with van der Waals surface area (Å²) in [5.41, 5.74) is 4.12. The van der Waals surface area contributed by atoms with Gasteiger partial charge in [-0.25, -0.2) is 13.6 Å². The van der Waals surface area contributed by atoms with Gasteiger partial charge in [0.1, 0.15) is 12.1 Å². The van der Waals surface area contributed by atoms with Crippen molar-refractivity contribution in [3.05, 3.63) is 0 Å². The van der Waals surface area contributed by atoms with Gasteiger partial charge in [0.2, 0.25) is 5.91 Å². The minimum absolute atomic E-state index is 0.0389. The molecule has 2 bridgehead atoms. The fourth-order valence-corrected chi connectivity index (χ4v) is 3.88. The molecule has 0 aromatic carbocycles. The minimum atomic E-state index is -5.22. The molecular weight excluding hydrogens is 408 g/mol. The summed E-state index contributed by atoms with van der Waals surface area (Å²) in [4.78, 5) is 37.0. The zero-order valence-electron chi connectivity index (χ0n) is 14.4. The van der Waals surface area contributed by atoms with Crippen molar-refractivity contribution in [1.82, 2.24) is 26.1 Å². The molecule has 0 radical (unpaired) electrons. The van der Waals surface area contributed by atoms with Crippen molar-refractivity contribution in [3.63, 3.8) is 0 Å². The van der Waals surface area contributed by atoms with E-state index in [-0.39, 0.29) is 17.5 Å². The largest absolute Gasteiger partial charge is 0.418 e. The second kappa shape index (κ2) is 7.38. The van der Waals surface area contributed by atoms with Crippen LogP contribution in [0.3, 0.4) is 0 Å². The van der Waals surface area contributed by atoms with Gasteiger partial charge in [-0.15, -0.1) is 4.28 Å². The van der Waals surface area contributed by atoms with Crippen molar-refractivity contribution >= 4 is 28.2 Å². The van der Waals surface area contributed by atoms with Crippen molar-refractivity contribution in [2.24, 2.45) is 0 Å². The van der Waals surface area contributed by atoms with Gasteiger partial charge in [0.15, 0.2) is 0 Å². The first-order chi connectivity index (χ1) is 13.0. The van der Waals surface area contributed by atoms with Crippen LogP contribution >= 0.6 is 0 Å². The Bertz CT molecular complexity index is 773. The molecule has 0 aliphatic carbocycles. The Kier molecular flexibility index (Phi) is 5.44. The Labute approximate surface area is 158 Å². The molecule has 0 aromatic rings. The van der Waals surface area contributed by atoms with Crippen LogP contribution in [0.2, 0.25) is 0 Å². The number of nitrogens with zero attached hydrogens (tertiary/aromatic N) is 2. The highest BCUT2D eigenvalue weighted by molar-refractivity contribution is 7.80. The van der Waals surface area contributed by atoms with Crippen molar-refractivity contribution in [2.45, 2.75) is 49.7 Å². The van der Waals surface area contributed by atoms with E-state index in [1.807, 2.05) is 5.43 Å². The van der Waals surface area contributed by atoms with E-state index in [0.29, 0.717) is 4.90 Å². The van der Waals surface area contributed by atoms with Crippen LogP contribution in [0.25, 0.3) is 0 Å². The van der Waals surface area contributed by atoms with E-state index in [4.69, 9.17) is 4.55 Å². The molecule has 3 aliphatic heterocycles. The minimum Gasteiger partial charge on any atom is -0.313 e. The first-order valence-corrected chi connectivity index (χ1v) is 9.81. The summed E-state index contributed by atoms with van der Waals surface area (Å²) in [6, 6.07) is -5.02. The van der Waals surface area contributed by atoms with Crippen molar-refractivity contribution in [1.29, 1.82) is 0 Å². The van der Waals surface area contributed by atoms with E-state index < -0.39 is 59.2 Å². The first-order valence-electron chi connectivity index (χ1n) is 8.45. The van der Waals surface area contributed by atoms with Gasteiger partial charge >= 0.3 is 16.4 Å².